The molecule has 0 heterocycles. The van der Waals surface area contributed by atoms with Crippen molar-refractivity contribution in [3.05, 3.63) is 24.0 Å². The average Bonchev–Trinajstić information content (AvgIpc) is 2.37. The number of rotatable bonds is 7. The van der Waals surface area contributed by atoms with E-state index < -0.39 is 21.4 Å². The van der Waals surface area contributed by atoms with E-state index in [2.05, 4.69) is 4.72 Å². The zero-order valence-corrected chi connectivity index (χ0v) is 12.2. The second kappa shape index (κ2) is 6.49. The summed E-state index contributed by atoms with van der Waals surface area (Å²) in [7, 11) is -2.51. The third-order valence-electron chi connectivity index (χ3n) is 2.75. The molecule has 1 aromatic carbocycles. The van der Waals surface area contributed by atoms with Gasteiger partial charge < -0.3 is 15.6 Å². The van der Waals surface area contributed by atoms with E-state index in [1.54, 1.807) is 0 Å². The van der Waals surface area contributed by atoms with Gasteiger partial charge in [-0.2, -0.15) is 0 Å². The van der Waals surface area contributed by atoms with Crippen molar-refractivity contribution < 1.29 is 22.7 Å². The third-order valence-corrected chi connectivity index (χ3v) is 4.21. The van der Waals surface area contributed by atoms with E-state index in [1.807, 2.05) is 0 Å². The summed E-state index contributed by atoms with van der Waals surface area (Å²) in [5, 5.41) is 9.97. The lowest BCUT2D eigenvalue weighted by Gasteiger charge is -2.23. The van der Waals surface area contributed by atoms with Gasteiger partial charge in [-0.05, 0) is 25.1 Å². The highest BCUT2D eigenvalue weighted by Gasteiger charge is 2.25. The molecule has 0 bridgehead atoms. The van der Waals surface area contributed by atoms with Gasteiger partial charge >= 0.3 is 0 Å². The van der Waals surface area contributed by atoms with Crippen LogP contribution in [0.5, 0.6) is 0 Å². The Kier molecular flexibility index (Phi) is 5.46. The smallest absolute Gasteiger partial charge is 0.242 e. The zero-order valence-electron chi connectivity index (χ0n) is 11.4. The fourth-order valence-corrected chi connectivity index (χ4v) is 2.78. The lowest BCUT2D eigenvalue weighted by molar-refractivity contribution is 0.0292. The van der Waals surface area contributed by atoms with Gasteiger partial charge in [0.1, 0.15) is 10.7 Å². The summed E-state index contributed by atoms with van der Waals surface area (Å²) >= 11 is 0. The fourth-order valence-electron chi connectivity index (χ4n) is 1.48. The number of benzene rings is 1. The van der Waals surface area contributed by atoms with Crippen LogP contribution in [-0.4, -0.2) is 39.4 Å². The first-order valence-corrected chi connectivity index (χ1v) is 7.42. The molecule has 4 N–H and O–H groups in total. The van der Waals surface area contributed by atoms with Crippen LogP contribution < -0.4 is 10.5 Å². The minimum Gasteiger partial charge on any atom is -0.398 e. The second-order valence-corrected chi connectivity index (χ2v) is 6.48. The highest BCUT2D eigenvalue weighted by molar-refractivity contribution is 7.89. The van der Waals surface area contributed by atoms with Crippen LogP contribution in [0, 0.1) is 5.82 Å². The van der Waals surface area contributed by atoms with Crippen molar-refractivity contribution in [3.8, 4) is 0 Å². The summed E-state index contributed by atoms with van der Waals surface area (Å²) in [4.78, 5) is -0.347. The van der Waals surface area contributed by atoms with Crippen LogP contribution in [0.2, 0.25) is 0 Å². The van der Waals surface area contributed by atoms with E-state index >= 15 is 0 Å². The predicted molar refractivity (Wildman–Crippen MR) is 73.1 cm³/mol. The Hall–Kier alpha value is -1.22. The first-order chi connectivity index (χ1) is 9.18. The highest BCUT2D eigenvalue weighted by Crippen LogP contribution is 2.19. The fraction of sp³-hybridized carbons (Fsp3) is 0.500. The Morgan fingerprint density at radius 3 is 2.75 bits per heavy atom. The Balaban J connectivity index is 2.83. The van der Waals surface area contributed by atoms with E-state index in [1.165, 1.54) is 20.1 Å². The van der Waals surface area contributed by atoms with E-state index in [-0.39, 0.29) is 30.2 Å². The number of methoxy groups -OCH3 is 1. The Labute approximate surface area is 117 Å². The molecule has 1 atom stereocenters. The summed E-state index contributed by atoms with van der Waals surface area (Å²) in [6, 6.07) is 3.08. The van der Waals surface area contributed by atoms with Gasteiger partial charge in [-0.3, -0.25) is 0 Å². The second-order valence-electron chi connectivity index (χ2n) is 4.75. The van der Waals surface area contributed by atoms with Gasteiger partial charge in [0.25, 0.3) is 0 Å². The number of halogens is 1. The molecule has 0 aliphatic heterocycles. The largest absolute Gasteiger partial charge is 0.398 e. The van der Waals surface area contributed by atoms with Crippen molar-refractivity contribution in [1.82, 2.24) is 4.72 Å². The van der Waals surface area contributed by atoms with Gasteiger partial charge in [0.2, 0.25) is 10.0 Å². The molecule has 1 rings (SSSR count). The van der Waals surface area contributed by atoms with Gasteiger partial charge in [-0.25, -0.2) is 17.5 Å². The molecule has 1 aromatic rings. The number of nitrogens with one attached hydrogen (secondary N) is 1. The maximum Gasteiger partial charge on any atom is 0.242 e. The van der Waals surface area contributed by atoms with Crippen molar-refractivity contribution >= 4 is 15.7 Å². The molecule has 0 aromatic heterocycles. The molecule has 1 unspecified atom stereocenters. The van der Waals surface area contributed by atoms with Gasteiger partial charge in [0.15, 0.2) is 0 Å². The normalized spacial score (nSPS) is 15.0. The standard InChI is InChI=1S/C12H19FN2O4S/c1-12(16,5-6-19-2)8-15-20(17,18)11-7-9(13)3-4-10(11)14/h3-4,7,15-16H,5-6,8,14H2,1-2H3. The van der Waals surface area contributed by atoms with Crippen LogP contribution in [0.15, 0.2) is 23.1 Å². The zero-order chi connectivity index (χ0) is 15.4. The minimum atomic E-state index is -3.99. The first kappa shape index (κ1) is 16.8. The Bertz CT molecular complexity index is 561. The minimum absolute atomic E-state index is 0.0598. The van der Waals surface area contributed by atoms with Crippen molar-refractivity contribution in [1.29, 1.82) is 0 Å². The molecule has 114 valence electrons. The van der Waals surface area contributed by atoms with Gasteiger partial charge in [0.05, 0.1) is 11.3 Å². The molecular formula is C12H19FN2O4S. The van der Waals surface area contributed by atoms with E-state index in [4.69, 9.17) is 10.5 Å². The van der Waals surface area contributed by atoms with Crippen LogP contribution in [0.4, 0.5) is 10.1 Å². The average molecular weight is 306 g/mol. The van der Waals surface area contributed by atoms with Crippen LogP contribution in [-0.2, 0) is 14.8 Å². The molecule has 0 radical (unpaired) electrons. The maximum atomic E-state index is 13.1. The maximum absolute atomic E-state index is 13.1. The summed E-state index contributed by atoms with van der Waals surface area (Å²) in [5.74, 6) is -0.703. The predicted octanol–water partition coefficient (Wildman–Crippen LogP) is 0.474. The lowest BCUT2D eigenvalue weighted by atomic mass is 10.0. The molecule has 0 aliphatic carbocycles. The third kappa shape index (κ3) is 4.71. The molecule has 0 saturated carbocycles. The number of ether oxygens (including phenoxy) is 1. The van der Waals surface area contributed by atoms with Gasteiger partial charge in [-0.1, -0.05) is 0 Å². The Morgan fingerprint density at radius 2 is 2.15 bits per heavy atom. The Morgan fingerprint density at radius 1 is 1.50 bits per heavy atom. The van der Waals surface area contributed by atoms with E-state index in [0.717, 1.165) is 12.1 Å². The molecular weight excluding hydrogens is 287 g/mol. The van der Waals surface area contributed by atoms with Crippen LogP contribution in [0.25, 0.3) is 0 Å². The molecule has 0 aliphatic rings. The number of hydrogen-bond donors (Lipinski definition) is 3. The monoisotopic (exact) mass is 306 g/mol. The number of anilines is 1. The van der Waals surface area contributed by atoms with Crippen molar-refractivity contribution in [2.45, 2.75) is 23.8 Å². The summed E-state index contributed by atoms with van der Waals surface area (Å²) in [6.07, 6.45) is 0.255. The summed E-state index contributed by atoms with van der Waals surface area (Å²) in [5.41, 5.74) is 4.19. The van der Waals surface area contributed by atoms with Crippen molar-refractivity contribution in [2.75, 3.05) is 26.0 Å². The number of nitrogens with two attached hydrogens (primary N) is 1. The highest BCUT2D eigenvalue weighted by atomic mass is 32.2. The topological polar surface area (TPSA) is 102 Å². The first-order valence-electron chi connectivity index (χ1n) is 5.94. The van der Waals surface area contributed by atoms with Gasteiger partial charge in [0, 0.05) is 26.7 Å². The molecule has 6 nitrogen and oxygen atoms in total. The van der Waals surface area contributed by atoms with Crippen LogP contribution >= 0.6 is 0 Å². The molecule has 0 spiro atoms. The van der Waals surface area contributed by atoms with Crippen LogP contribution in [0.3, 0.4) is 0 Å². The summed E-state index contributed by atoms with van der Waals surface area (Å²) in [6.45, 7) is 1.54. The number of sulfonamides is 1. The van der Waals surface area contributed by atoms with E-state index in [9.17, 15) is 17.9 Å². The van der Waals surface area contributed by atoms with Gasteiger partial charge in [-0.15, -0.1) is 0 Å². The molecule has 0 amide bonds. The quantitative estimate of drug-likeness (QED) is 0.636. The number of aliphatic hydroxyl groups is 1. The SMILES string of the molecule is COCCC(C)(O)CNS(=O)(=O)c1cc(F)ccc1N. The van der Waals surface area contributed by atoms with Crippen molar-refractivity contribution in [2.24, 2.45) is 0 Å². The number of nitrogen functional groups attached to an aromatic ring is 1. The summed E-state index contributed by atoms with van der Waals surface area (Å²) < 4.78 is 44.2. The molecule has 0 fully saturated rings. The number of hydrogen-bond acceptors (Lipinski definition) is 5. The molecule has 0 saturated heterocycles. The molecule has 20 heavy (non-hydrogen) atoms. The van der Waals surface area contributed by atoms with E-state index in [0.29, 0.717) is 0 Å². The van der Waals surface area contributed by atoms with Crippen LogP contribution in [0.1, 0.15) is 13.3 Å². The van der Waals surface area contributed by atoms with Crippen molar-refractivity contribution in [3.63, 3.8) is 0 Å². The molecule has 8 heteroatoms. The lowest BCUT2D eigenvalue weighted by Crippen LogP contribution is -2.41.